The molecular formula is C61H86F3N13O10S. The van der Waals surface area contributed by atoms with Crippen molar-refractivity contribution >= 4 is 58.2 Å². The van der Waals surface area contributed by atoms with Crippen LogP contribution in [0.1, 0.15) is 60.7 Å². The Bertz CT molecular complexity index is 2850. The molecule has 3 aromatic carbocycles. The van der Waals surface area contributed by atoms with E-state index >= 15 is 0 Å². The van der Waals surface area contributed by atoms with Gasteiger partial charge in [-0.15, -0.1) is 11.3 Å². The first kappa shape index (κ1) is 71.2. The van der Waals surface area contributed by atoms with Gasteiger partial charge in [0.05, 0.1) is 96.2 Å². The van der Waals surface area contributed by atoms with Gasteiger partial charge in [-0.25, -0.2) is 14.8 Å². The maximum atomic E-state index is 12.7. The maximum Gasteiger partial charge on any atom is 0.390 e. The summed E-state index contributed by atoms with van der Waals surface area (Å²) in [4.78, 5) is 68.9. The second-order valence-electron chi connectivity index (χ2n) is 20.7. The molecule has 27 heteroatoms. The van der Waals surface area contributed by atoms with Crippen LogP contribution in [0.2, 0.25) is 0 Å². The summed E-state index contributed by atoms with van der Waals surface area (Å²) in [6, 6.07) is 20.8. The number of hydrogen-bond donors (Lipinski definition) is 4. The smallest absolute Gasteiger partial charge is 0.390 e. The number of aldehydes is 1. The maximum absolute atomic E-state index is 12.7. The Morgan fingerprint density at radius 3 is 2.12 bits per heavy atom. The number of nitrogens with two attached hydrogens (primary N) is 1. The second kappa shape index (κ2) is 40.1. The molecule has 0 saturated carbocycles. The molecule has 1 aliphatic rings. The molecule has 23 nitrogen and oxygen atoms in total. The van der Waals surface area contributed by atoms with Crippen LogP contribution in [-0.2, 0) is 55.0 Å². The summed E-state index contributed by atoms with van der Waals surface area (Å²) in [6.45, 7) is 9.31. The number of imidazole rings is 1. The van der Waals surface area contributed by atoms with E-state index < -0.39 is 30.6 Å². The Kier molecular flexibility index (Phi) is 32.5. The molecule has 0 radical (unpaired) electrons. The van der Waals surface area contributed by atoms with Crippen LogP contribution in [0.15, 0.2) is 101 Å². The largest absolute Gasteiger partial charge is 0.497 e. The Morgan fingerprint density at radius 1 is 0.795 bits per heavy atom. The summed E-state index contributed by atoms with van der Waals surface area (Å²) in [6.07, 6.45) is 4.50. The minimum atomic E-state index is -4.29. The predicted molar refractivity (Wildman–Crippen MR) is 334 cm³/mol. The molecule has 1 aliphatic heterocycles. The van der Waals surface area contributed by atoms with Gasteiger partial charge in [0.2, 0.25) is 11.8 Å². The number of hydrazone groups is 1. The number of aryl methyl sites for hydroxylation is 2. The minimum Gasteiger partial charge on any atom is -0.497 e. The fourth-order valence-corrected chi connectivity index (χ4v) is 9.22. The number of halogens is 3. The number of urea groups is 1. The number of carbonyl (C=O) groups is 4. The quantitative estimate of drug-likeness (QED) is 0.0103. The average Bonchev–Trinajstić information content (AvgIpc) is 4.35. The van der Waals surface area contributed by atoms with E-state index in [1.807, 2.05) is 48.3 Å². The van der Waals surface area contributed by atoms with Gasteiger partial charge in [0.15, 0.2) is 5.13 Å². The molecule has 0 aliphatic carbocycles. The average molecular weight is 1250 g/mol. The van der Waals surface area contributed by atoms with Crippen molar-refractivity contribution in [3.8, 4) is 17.2 Å². The molecule has 4 amide bonds. The number of aliphatic imine (C=N–C) groups is 1. The molecule has 5 N–H and O–H groups in total. The number of likely N-dealkylation sites (N-methyl/N-ethyl adjacent to an activating group) is 3. The molecule has 6 rings (SSSR count). The molecule has 0 bridgehead atoms. The van der Waals surface area contributed by atoms with E-state index in [2.05, 4.69) is 52.9 Å². The van der Waals surface area contributed by atoms with E-state index in [1.54, 1.807) is 72.9 Å². The van der Waals surface area contributed by atoms with Crippen LogP contribution in [0.5, 0.6) is 17.2 Å². The number of ether oxygens (including phenoxy) is 6. The first-order valence-corrected chi connectivity index (χ1v) is 30.1. The highest BCUT2D eigenvalue weighted by atomic mass is 32.1. The third kappa shape index (κ3) is 29.0. The number of piperazine rings is 1. The van der Waals surface area contributed by atoms with Crippen LogP contribution in [0.25, 0.3) is 0 Å². The van der Waals surface area contributed by atoms with Gasteiger partial charge in [-0.2, -0.15) is 18.3 Å². The number of methoxy groups -OCH3 is 1. The number of nitrogens with zero attached hydrogens (tertiary/aromatic N) is 9. The summed E-state index contributed by atoms with van der Waals surface area (Å²) < 4.78 is 73.0. The van der Waals surface area contributed by atoms with Gasteiger partial charge >= 0.3 is 12.2 Å². The summed E-state index contributed by atoms with van der Waals surface area (Å²) in [5, 5.41) is 14.3. The number of aromatic nitrogens is 3. The fourth-order valence-electron chi connectivity index (χ4n) is 8.51. The number of nitrogens with one attached hydrogen (secondary N) is 3. The number of thiazole rings is 1. The Labute approximate surface area is 517 Å². The van der Waals surface area contributed by atoms with E-state index in [-0.39, 0.29) is 25.4 Å². The normalized spacial score (nSPS) is 13.3. The van der Waals surface area contributed by atoms with Crippen molar-refractivity contribution < 1.29 is 60.8 Å². The van der Waals surface area contributed by atoms with Crippen molar-refractivity contribution in [3.05, 3.63) is 113 Å². The molecule has 5 aromatic rings. The van der Waals surface area contributed by atoms with Crippen LogP contribution in [0.3, 0.4) is 0 Å². The van der Waals surface area contributed by atoms with Gasteiger partial charge in [-0.3, -0.25) is 24.8 Å². The molecule has 1 atom stereocenters. The van der Waals surface area contributed by atoms with Gasteiger partial charge in [0, 0.05) is 89.2 Å². The van der Waals surface area contributed by atoms with Crippen molar-refractivity contribution in [2.75, 3.05) is 144 Å². The zero-order chi connectivity index (χ0) is 63.4. The number of hydrogen-bond acceptors (Lipinski definition) is 19. The lowest BCUT2D eigenvalue weighted by molar-refractivity contribution is -0.142. The van der Waals surface area contributed by atoms with Gasteiger partial charge in [-0.05, 0) is 107 Å². The topological polar surface area (TPSA) is 254 Å². The van der Waals surface area contributed by atoms with Crippen LogP contribution in [0.4, 0.5) is 28.8 Å². The molecule has 3 heterocycles. The van der Waals surface area contributed by atoms with Gasteiger partial charge in [0.1, 0.15) is 36.2 Å². The number of amides is 4. The number of benzene rings is 3. The van der Waals surface area contributed by atoms with E-state index in [4.69, 9.17) is 34.3 Å². The molecule has 1 saturated heterocycles. The van der Waals surface area contributed by atoms with Crippen molar-refractivity contribution in [3.63, 3.8) is 0 Å². The Balaban J connectivity index is 0.000000434. The van der Waals surface area contributed by atoms with Gasteiger partial charge < -0.3 is 69.0 Å². The van der Waals surface area contributed by atoms with Crippen LogP contribution >= 0.6 is 11.3 Å². The molecular weight excluding hydrogens is 1160 g/mol. The molecule has 2 aromatic heterocycles. The lowest BCUT2D eigenvalue weighted by Crippen LogP contribution is -2.47. The van der Waals surface area contributed by atoms with E-state index in [1.165, 1.54) is 29.6 Å². The highest BCUT2D eigenvalue weighted by molar-refractivity contribution is 7.14. The number of rotatable bonds is 38. The monoisotopic (exact) mass is 1250 g/mol. The first-order chi connectivity index (χ1) is 42.5. The SMILES string of the molecule is CN(CCCCOc1ccc(CCC=O)cc1)CCOCCOCC/C(C=NCCOCCOc1ccc(NC(=O)Nc2nc(CC(=O)N3CCN(C)CC3)cs2)cc1)=N/N.COc1ccc(CNC(=O)C(c2cn(C)cn2)N(C)CCC(F)(F)F)cc1. The second-order valence-corrected chi connectivity index (χ2v) is 21.5. The molecule has 1 unspecified atom stereocenters. The third-order valence-electron chi connectivity index (χ3n) is 13.6. The van der Waals surface area contributed by atoms with Crippen molar-refractivity contribution in [1.82, 2.24) is 39.5 Å². The Morgan fingerprint density at radius 2 is 1.45 bits per heavy atom. The van der Waals surface area contributed by atoms with Gasteiger partial charge in [-0.1, -0.05) is 24.3 Å². The van der Waals surface area contributed by atoms with Crippen LogP contribution in [-0.4, -0.2) is 210 Å². The summed E-state index contributed by atoms with van der Waals surface area (Å²) in [5.41, 5.74) is 4.26. The lowest BCUT2D eigenvalue weighted by atomic mass is 10.1. The number of alkyl halides is 3. The summed E-state index contributed by atoms with van der Waals surface area (Å²) in [7, 11) is 8.91. The number of carbonyl (C=O) groups excluding carboxylic acids is 4. The zero-order valence-corrected chi connectivity index (χ0v) is 51.9. The molecule has 1 fully saturated rings. The highest BCUT2D eigenvalue weighted by Gasteiger charge is 2.32. The van der Waals surface area contributed by atoms with Crippen molar-refractivity contribution in [2.45, 2.75) is 63.7 Å². The Hall–Kier alpha value is -7.53. The zero-order valence-electron chi connectivity index (χ0n) is 51.1. The van der Waals surface area contributed by atoms with E-state index in [9.17, 15) is 32.3 Å². The van der Waals surface area contributed by atoms with Crippen LogP contribution in [0, 0.1) is 0 Å². The minimum absolute atomic E-state index is 0.0479. The van der Waals surface area contributed by atoms with Crippen molar-refractivity contribution in [1.29, 1.82) is 0 Å². The van der Waals surface area contributed by atoms with Gasteiger partial charge in [0.25, 0.3) is 0 Å². The van der Waals surface area contributed by atoms with E-state index in [0.29, 0.717) is 112 Å². The highest BCUT2D eigenvalue weighted by Crippen LogP contribution is 2.25. The standard InChI is InChI=1S/C43H63N9O8S.C18H23F3N4O2/c1-50(17-3-4-24-59-39-11-7-35(8-12-39)6-5-23-53)22-27-58-29-28-56-25-15-37(49-44)33-45-16-26-57-30-31-60-40-13-9-36(10-14-40)46-42(55)48-43-47-38(34-61-43)32-41(54)52-20-18-51(2)19-21-52;1-24-11-15(23-12-24)16(25(2)9-8-18(19,20)21)17(26)22-10-13-4-6-14(27-3)7-5-13/h7-14,23,33-34H,3-6,15-22,24-32,44H2,1-2H3,(H2,46,47,48,55);4-7,11-12,16H,8-10H2,1-3H3,(H,22,26)/b45-33?,49-37-;. The molecule has 0 spiro atoms. The summed E-state index contributed by atoms with van der Waals surface area (Å²) >= 11 is 1.28. The van der Waals surface area contributed by atoms with Crippen LogP contribution < -0.4 is 36.0 Å². The lowest BCUT2D eigenvalue weighted by Gasteiger charge is -2.32. The fraction of sp³-hybridized carbons (Fsp3) is 0.508. The molecule has 88 heavy (non-hydrogen) atoms. The van der Waals surface area contributed by atoms with Crippen molar-refractivity contribution in [2.24, 2.45) is 23.0 Å². The van der Waals surface area contributed by atoms with E-state index in [0.717, 1.165) is 81.7 Å². The number of unbranched alkanes of at least 4 members (excludes halogenated alkanes) is 1. The predicted octanol–water partition coefficient (Wildman–Crippen LogP) is 6.90. The third-order valence-corrected chi connectivity index (χ3v) is 14.4. The molecule has 482 valence electrons. The number of anilines is 2. The summed E-state index contributed by atoms with van der Waals surface area (Å²) in [5.74, 6) is 7.36. The first-order valence-electron chi connectivity index (χ1n) is 29.2.